The third kappa shape index (κ3) is 2.75. The molecule has 1 aromatic rings. The monoisotopic (exact) mass is 283 g/mol. The zero-order valence-electron chi connectivity index (χ0n) is 10.8. The average molecular weight is 283 g/mol. The maximum Gasteiger partial charge on any atom is 0.213 e. The zero-order valence-corrected chi connectivity index (χ0v) is 11.6. The van der Waals surface area contributed by atoms with E-state index in [0.717, 1.165) is 25.2 Å². The van der Waals surface area contributed by atoms with Crippen molar-refractivity contribution in [2.24, 2.45) is 0 Å². The molecule has 0 saturated carbocycles. The van der Waals surface area contributed by atoms with Gasteiger partial charge in [-0.15, -0.1) is 0 Å². The van der Waals surface area contributed by atoms with Gasteiger partial charge in [-0.2, -0.15) is 0 Å². The van der Waals surface area contributed by atoms with E-state index in [0.29, 0.717) is 12.4 Å². The lowest BCUT2D eigenvalue weighted by atomic mass is 10.2. The highest BCUT2D eigenvalue weighted by Crippen LogP contribution is 2.29. The van der Waals surface area contributed by atoms with Gasteiger partial charge >= 0.3 is 0 Å². The number of nitrogens with zero attached hydrogens (tertiary/aromatic N) is 1. The van der Waals surface area contributed by atoms with Gasteiger partial charge in [-0.05, 0) is 31.6 Å². The second-order valence-corrected chi connectivity index (χ2v) is 7.07. The van der Waals surface area contributed by atoms with E-state index in [4.69, 9.17) is 9.47 Å². The molecule has 0 N–H and O–H groups in total. The van der Waals surface area contributed by atoms with Gasteiger partial charge in [0, 0.05) is 11.8 Å². The van der Waals surface area contributed by atoms with Crippen LogP contribution < -0.4 is 4.74 Å². The van der Waals surface area contributed by atoms with Crippen LogP contribution in [0.3, 0.4) is 0 Å². The Kier molecular flexibility index (Phi) is 3.24. The molecular formula is C13H17NO4S. The highest BCUT2D eigenvalue weighted by atomic mass is 32.2. The SMILES string of the molecule is CS(=O)(=O)c1ccc2c(c1)OC(CN1CCC1)OC2. The topological polar surface area (TPSA) is 55.8 Å². The van der Waals surface area contributed by atoms with Crippen molar-refractivity contribution in [1.29, 1.82) is 0 Å². The van der Waals surface area contributed by atoms with E-state index >= 15 is 0 Å². The van der Waals surface area contributed by atoms with Crippen molar-refractivity contribution in [2.75, 3.05) is 25.9 Å². The predicted molar refractivity (Wildman–Crippen MR) is 69.8 cm³/mol. The van der Waals surface area contributed by atoms with Crippen LogP contribution in [0.5, 0.6) is 5.75 Å². The molecule has 19 heavy (non-hydrogen) atoms. The molecule has 0 aliphatic carbocycles. The van der Waals surface area contributed by atoms with E-state index in [-0.39, 0.29) is 11.2 Å². The van der Waals surface area contributed by atoms with E-state index in [9.17, 15) is 8.42 Å². The normalized spacial score (nSPS) is 23.3. The molecule has 6 heteroatoms. The van der Waals surface area contributed by atoms with Gasteiger partial charge in [-0.25, -0.2) is 8.42 Å². The van der Waals surface area contributed by atoms with Crippen molar-refractivity contribution in [1.82, 2.24) is 4.90 Å². The van der Waals surface area contributed by atoms with E-state index in [1.807, 2.05) is 0 Å². The van der Waals surface area contributed by atoms with Crippen LogP contribution in [0.25, 0.3) is 0 Å². The van der Waals surface area contributed by atoms with Gasteiger partial charge in [0.1, 0.15) is 5.75 Å². The standard InChI is InChI=1S/C13H17NO4S/c1-19(15,16)11-4-3-10-9-17-13(18-12(10)7-11)8-14-5-2-6-14/h3-4,7,13H,2,5-6,8-9H2,1H3. The van der Waals surface area contributed by atoms with Gasteiger partial charge in [0.2, 0.25) is 6.29 Å². The first-order valence-corrected chi connectivity index (χ1v) is 8.25. The fraction of sp³-hybridized carbons (Fsp3) is 0.538. The van der Waals surface area contributed by atoms with Crippen molar-refractivity contribution in [3.05, 3.63) is 23.8 Å². The summed E-state index contributed by atoms with van der Waals surface area (Å²) >= 11 is 0. The molecule has 1 aromatic carbocycles. The predicted octanol–water partition coefficient (Wildman–Crippen LogP) is 1.03. The quantitative estimate of drug-likeness (QED) is 0.829. The van der Waals surface area contributed by atoms with Crippen LogP contribution >= 0.6 is 0 Å². The number of hydrogen-bond donors (Lipinski definition) is 0. The van der Waals surface area contributed by atoms with Gasteiger partial charge in [0.15, 0.2) is 9.84 Å². The molecule has 2 aliphatic rings. The Morgan fingerprint density at radius 3 is 2.79 bits per heavy atom. The van der Waals surface area contributed by atoms with E-state index in [1.54, 1.807) is 18.2 Å². The van der Waals surface area contributed by atoms with Crippen molar-refractivity contribution < 1.29 is 17.9 Å². The third-order valence-electron chi connectivity index (χ3n) is 3.51. The fourth-order valence-electron chi connectivity index (χ4n) is 2.22. The number of fused-ring (bicyclic) bond motifs is 1. The first-order valence-electron chi connectivity index (χ1n) is 6.36. The highest BCUT2D eigenvalue weighted by Gasteiger charge is 2.26. The molecule has 0 spiro atoms. The lowest BCUT2D eigenvalue weighted by molar-refractivity contribution is -0.126. The minimum atomic E-state index is -3.20. The van der Waals surface area contributed by atoms with Gasteiger partial charge in [-0.1, -0.05) is 6.07 Å². The molecule has 1 fully saturated rings. The summed E-state index contributed by atoms with van der Waals surface area (Å²) in [7, 11) is -3.20. The first kappa shape index (κ1) is 12.9. The van der Waals surface area contributed by atoms with Gasteiger partial charge in [0.05, 0.1) is 18.0 Å². The molecule has 0 bridgehead atoms. The van der Waals surface area contributed by atoms with Crippen molar-refractivity contribution in [3.8, 4) is 5.75 Å². The molecule has 2 aliphatic heterocycles. The Balaban J connectivity index is 1.78. The number of rotatable bonds is 3. The molecular weight excluding hydrogens is 266 g/mol. The maximum absolute atomic E-state index is 11.5. The second-order valence-electron chi connectivity index (χ2n) is 5.05. The molecule has 0 aromatic heterocycles. The Morgan fingerprint density at radius 1 is 1.37 bits per heavy atom. The Morgan fingerprint density at radius 2 is 2.16 bits per heavy atom. The van der Waals surface area contributed by atoms with Crippen LogP contribution in [0.4, 0.5) is 0 Å². The summed E-state index contributed by atoms with van der Waals surface area (Å²) in [6, 6.07) is 4.94. The second kappa shape index (κ2) is 4.77. The summed E-state index contributed by atoms with van der Waals surface area (Å²) in [5.74, 6) is 0.625. The number of ether oxygens (including phenoxy) is 2. The summed E-state index contributed by atoms with van der Waals surface area (Å²) in [6.45, 7) is 3.37. The molecule has 1 unspecified atom stereocenters. The minimum Gasteiger partial charge on any atom is -0.463 e. The molecule has 1 saturated heterocycles. The highest BCUT2D eigenvalue weighted by molar-refractivity contribution is 7.90. The fourth-order valence-corrected chi connectivity index (χ4v) is 2.85. The van der Waals surface area contributed by atoms with Crippen LogP contribution in [0.1, 0.15) is 12.0 Å². The van der Waals surface area contributed by atoms with Crippen LogP contribution in [0.2, 0.25) is 0 Å². The van der Waals surface area contributed by atoms with E-state index in [1.165, 1.54) is 12.7 Å². The zero-order chi connectivity index (χ0) is 13.5. The van der Waals surface area contributed by atoms with Crippen molar-refractivity contribution in [2.45, 2.75) is 24.2 Å². The van der Waals surface area contributed by atoms with Gasteiger partial charge in [0.25, 0.3) is 0 Å². The molecule has 1 atom stereocenters. The van der Waals surface area contributed by atoms with Crippen molar-refractivity contribution >= 4 is 9.84 Å². The van der Waals surface area contributed by atoms with Crippen LogP contribution in [-0.4, -0.2) is 45.5 Å². The number of likely N-dealkylation sites (tertiary alicyclic amines) is 1. The maximum atomic E-state index is 11.5. The minimum absolute atomic E-state index is 0.288. The molecule has 0 amide bonds. The number of sulfone groups is 1. The smallest absolute Gasteiger partial charge is 0.213 e. The average Bonchev–Trinajstić information content (AvgIpc) is 2.32. The first-order chi connectivity index (χ1) is 9.02. The lowest BCUT2D eigenvalue weighted by Crippen LogP contribution is -2.45. The molecule has 2 heterocycles. The van der Waals surface area contributed by atoms with Crippen LogP contribution in [-0.2, 0) is 21.2 Å². The van der Waals surface area contributed by atoms with E-state index in [2.05, 4.69) is 4.90 Å². The summed E-state index contributed by atoms with van der Waals surface area (Å²) < 4.78 is 34.4. The molecule has 0 radical (unpaired) electrons. The van der Waals surface area contributed by atoms with Crippen LogP contribution in [0, 0.1) is 0 Å². The summed E-state index contributed by atoms with van der Waals surface area (Å²) in [4.78, 5) is 2.55. The summed E-state index contributed by atoms with van der Waals surface area (Å²) in [5.41, 5.74) is 0.896. The summed E-state index contributed by atoms with van der Waals surface area (Å²) in [5, 5.41) is 0. The molecule has 104 valence electrons. The van der Waals surface area contributed by atoms with E-state index < -0.39 is 9.84 Å². The van der Waals surface area contributed by atoms with Gasteiger partial charge in [-0.3, -0.25) is 4.90 Å². The molecule has 5 nitrogen and oxygen atoms in total. The lowest BCUT2D eigenvalue weighted by Gasteiger charge is -2.35. The van der Waals surface area contributed by atoms with Crippen molar-refractivity contribution in [3.63, 3.8) is 0 Å². The Hall–Kier alpha value is -1.11. The summed E-state index contributed by atoms with van der Waals surface area (Å²) in [6.07, 6.45) is 2.12. The number of hydrogen-bond acceptors (Lipinski definition) is 5. The largest absolute Gasteiger partial charge is 0.463 e. The van der Waals surface area contributed by atoms with Gasteiger partial charge < -0.3 is 9.47 Å². The Bertz CT molecular complexity index is 580. The Labute approximate surface area is 113 Å². The number of benzene rings is 1. The van der Waals surface area contributed by atoms with Crippen LogP contribution in [0.15, 0.2) is 23.1 Å². The molecule has 3 rings (SSSR count). The third-order valence-corrected chi connectivity index (χ3v) is 4.62.